The summed E-state index contributed by atoms with van der Waals surface area (Å²) in [5, 5.41) is 21.9. The number of nitrogens with zero attached hydrogens (tertiary/aromatic N) is 2. The molecule has 0 fully saturated rings. The standard InChI is InChI=1S/C11H16N4O2.C5H14N2/c1-2-9(15-11(17)4-7-13)5-8-14-10(16)3-6-12;6-4-2-1-3-5-7/h9H,2-5,8H2,1H3,(H,14,16)(H,15,17);1-7H2. The van der Waals surface area contributed by atoms with Gasteiger partial charge in [0.15, 0.2) is 0 Å². The smallest absolute Gasteiger partial charge is 0.234 e. The van der Waals surface area contributed by atoms with Gasteiger partial charge >= 0.3 is 0 Å². The molecule has 0 spiro atoms. The summed E-state index contributed by atoms with van der Waals surface area (Å²) < 4.78 is 0. The lowest BCUT2D eigenvalue weighted by atomic mass is 10.1. The number of nitriles is 2. The SMILES string of the molecule is CCC(CCNC(=O)CC#N)NC(=O)CC#N.NCCCCCN. The van der Waals surface area contributed by atoms with Crippen molar-refractivity contribution in [2.75, 3.05) is 19.6 Å². The Labute approximate surface area is 144 Å². The lowest BCUT2D eigenvalue weighted by Gasteiger charge is -2.16. The molecule has 0 aromatic heterocycles. The highest BCUT2D eigenvalue weighted by molar-refractivity contribution is 5.78. The quantitative estimate of drug-likeness (QED) is 0.396. The molecule has 0 bridgehead atoms. The second kappa shape index (κ2) is 18.9. The van der Waals surface area contributed by atoms with Gasteiger partial charge in [-0.2, -0.15) is 10.5 Å². The van der Waals surface area contributed by atoms with E-state index < -0.39 is 0 Å². The summed E-state index contributed by atoms with van der Waals surface area (Å²) >= 11 is 0. The van der Waals surface area contributed by atoms with E-state index in [4.69, 9.17) is 22.0 Å². The fourth-order valence-electron chi connectivity index (χ4n) is 1.71. The van der Waals surface area contributed by atoms with Gasteiger partial charge in [-0.05, 0) is 38.8 Å². The van der Waals surface area contributed by atoms with Gasteiger partial charge in [-0.1, -0.05) is 13.3 Å². The molecule has 0 aliphatic rings. The van der Waals surface area contributed by atoms with Gasteiger partial charge in [0, 0.05) is 12.6 Å². The molecule has 0 rings (SSSR count). The molecular weight excluding hydrogens is 308 g/mol. The van der Waals surface area contributed by atoms with Crippen molar-refractivity contribution in [3.8, 4) is 12.1 Å². The van der Waals surface area contributed by atoms with E-state index in [1.54, 1.807) is 12.1 Å². The molecule has 8 heteroatoms. The maximum Gasteiger partial charge on any atom is 0.234 e. The number of carbonyl (C=O) groups is 2. The average Bonchev–Trinajstić information content (AvgIpc) is 2.55. The Morgan fingerprint density at radius 2 is 1.54 bits per heavy atom. The molecule has 0 saturated carbocycles. The summed E-state index contributed by atoms with van der Waals surface area (Å²) in [6.45, 7) is 3.93. The predicted molar refractivity (Wildman–Crippen MR) is 92.3 cm³/mol. The minimum Gasteiger partial charge on any atom is -0.355 e. The fourth-order valence-corrected chi connectivity index (χ4v) is 1.71. The molecule has 24 heavy (non-hydrogen) atoms. The molecule has 1 unspecified atom stereocenters. The predicted octanol–water partition coefficient (Wildman–Crippen LogP) is 0.289. The summed E-state index contributed by atoms with van der Waals surface area (Å²) in [6.07, 6.45) is 4.44. The summed E-state index contributed by atoms with van der Waals surface area (Å²) in [6, 6.07) is 3.46. The van der Waals surface area contributed by atoms with Crippen LogP contribution in [0.4, 0.5) is 0 Å². The Bertz CT molecular complexity index is 410. The third-order valence-electron chi connectivity index (χ3n) is 3.06. The number of carbonyl (C=O) groups excluding carboxylic acids is 2. The van der Waals surface area contributed by atoms with Crippen LogP contribution in [-0.2, 0) is 9.59 Å². The van der Waals surface area contributed by atoms with E-state index in [-0.39, 0.29) is 30.7 Å². The van der Waals surface area contributed by atoms with Gasteiger partial charge < -0.3 is 22.1 Å². The van der Waals surface area contributed by atoms with E-state index in [9.17, 15) is 9.59 Å². The molecule has 0 heterocycles. The van der Waals surface area contributed by atoms with Crippen molar-refractivity contribution in [3.63, 3.8) is 0 Å². The summed E-state index contributed by atoms with van der Waals surface area (Å²) in [5.74, 6) is -0.617. The second-order valence-corrected chi connectivity index (χ2v) is 5.12. The Hall–Kier alpha value is -2.16. The molecule has 136 valence electrons. The third kappa shape index (κ3) is 17.9. The van der Waals surface area contributed by atoms with Crippen LogP contribution in [0, 0.1) is 22.7 Å². The van der Waals surface area contributed by atoms with Gasteiger partial charge in [-0.25, -0.2) is 0 Å². The van der Waals surface area contributed by atoms with Crippen LogP contribution >= 0.6 is 0 Å². The highest BCUT2D eigenvalue weighted by Crippen LogP contribution is 1.97. The fraction of sp³-hybridized carbons (Fsp3) is 0.750. The topological polar surface area (TPSA) is 158 Å². The zero-order valence-corrected chi connectivity index (χ0v) is 14.5. The number of rotatable bonds is 11. The van der Waals surface area contributed by atoms with Crippen molar-refractivity contribution in [1.29, 1.82) is 10.5 Å². The molecule has 1 atom stereocenters. The minimum absolute atomic E-state index is 0.0572. The highest BCUT2D eigenvalue weighted by atomic mass is 16.2. The molecular formula is C16H30N6O2. The highest BCUT2D eigenvalue weighted by Gasteiger charge is 2.10. The van der Waals surface area contributed by atoms with E-state index in [1.165, 1.54) is 6.42 Å². The van der Waals surface area contributed by atoms with Crippen molar-refractivity contribution in [2.45, 2.75) is 57.9 Å². The Morgan fingerprint density at radius 1 is 1.00 bits per heavy atom. The van der Waals surface area contributed by atoms with Crippen molar-refractivity contribution in [1.82, 2.24) is 10.6 Å². The zero-order valence-electron chi connectivity index (χ0n) is 14.5. The first-order chi connectivity index (χ1) is 11.5. The van der Waals surface area contributed by atoms with Crippen LogP contribution in [0.3, 0.4) is 0 Å². The Morgan fingerprint density at radius 3 is 2.00 bits per heavy atom. The van der Waals surface area contributed by atoms with E-state index in [0.29, 0.717) is 13.0 Å². The Balaban J connectivity index is 0. The molecule has 0 aromatic carbocycles. The van der Waals surface area contributed by atoms with Crippen molar-refractivity contribution < 1.29 is 9.59 Å². The molecule has 0 radical (unpaired) electrons. The van der Waals surface area contributed by atoms with E-state index >= 15 is 0 Å². The van der Waals surface area contributed by atoms with Crippen molar-refractivity contribution in [2.24, 2.45) is 11.5 Å². The second-order valence-electron chi connectivity index (χ2n) is 5.12. The molecule has 2 amide bonds. The normalized spacial score (nSPS) is 10.4. The lowest BCUT2D eigenvalue weighted by Crippen LogP contribution is -2.37. The number of hydrogen-bond acceptors (Lipinski definition) is 6. The first-order valence-corrected chi connectivity index (χ1v) is 8.25. The van der Waals surface area contributed by atoms with Crippen LogP contribution in [0.1, 0.15) is 51.9 Å². The number of nitrogens with one attached hydrogen (secondary N) is 2. The average molecular weight is 338 g/mol. The lowest BCUT2D eigenvalue weighted by molar-refractivity contribution is -0.120. The first kappa shape index (κ1) is 24.1. The van der Waals surface area contributed by atoms with E-state index in [0.717, 1.165) is 32.4 Å². The van der Waals surface area contributed by atoms with Crippen LogP contribution < -0.4 is 22.1 Å². The van der Waals surface area contributed by atoms with Crippen LogP contribution in [0.15, 0.2) is 0 Å². The monoisotopic (exact) mass is 338 g/mol. The molecule has 6 N–H and O–H groups in total. The van der Waals surface area contributed by atoms with Crippen LogP contribution in [0.25, 0.3) is 0 Å². The van der Waals surface area contributed by atoms with E-state index in [2.05, 4.69) is 10.6 Å². The van der Waals surface area contributed by atoms with Gasteiger partial charge in [0.25, 0.3) is 0 Å². The van der Waals surface area contributed by atoms with Gasteiger partial charge in [0.05, 0.1) is 12.1 Å². The number of amides is 2. The van der Waals surface area contributed by atoms with Gasteiger partial charge in [-0.15, -0.1) is 0 Å². The number of unbranched alkanes of at least 4 members (excludes halogenated alkanes) is 2. The number of nitrogens with two attached hydrogens (primary N) is 2. The molecule has 0 aromatic rings. The van der Waals surface area contributed by atoms with Gasteiger partial charge in [0.1, 0.15) is 12.8 Å². The maximum absolute atomic E-state index is 11.1. The van der Waals surface area contributed by atoms with Crippen LogP contribution in [0.5, 0.6) is 0 Å². The zero-order chi connectivity index (χ0) is 18.6. The molecule has 0 aliphatic carbocycles. The van der Waals surface area contributed by atoms with Crippen molar-refractivity contribution >= 4 is 11.8 Å². The van der Waals surface area contributed by atoms with E-state index in [1.807, 2.05) is 6.92 Å². The van der Waals surface area contributed by atoms with Crippen LogP contribution in [0.2, 0.25) is 0 Å². The van der Waals surface area contributed by atoms with Gasteiger partial charge in [0.2, 0.25) is 11.8 Å². The maximum atomic E-state index is 11.1. The largest absolute Gasteiger partial charge is 0.355 e. The molecule has 0 aliphatic heterocycles. The van der Waals surface area contributed by atoms with Crippen LogP contribution in [-0.4, -0.2) is 37.5 Å². The third-order valence-corrected chi connectivity index (χ3v) is 3.06. The van der Waals surface area contributed by atoms with Gasteiger partial charge in [-0.3, -0.25) is 9.59 Å². The summed E-state index contributed by atoms with van der Waals surface area (Å²) in [5.41, 5.74) is 10.5. The molecule has 0 saturated heterocycles. The minimum atomic E-state index is -0.314. The summed E-state index contributed by atoms with van der Waals surface area (Å²) in [7, 11) is 0. The molecule has 8 nitrogen and oxygen atoms in total. The van der Waals surface area contributed by atoms with Crippen molar-refractivity contribution in [3.05, 3.63) is 0 Å². The Kier molecular flexibility index (Phi) is 19.0. The first-order valence-electron chi connectivity index (χ1n) is 8.25. The summed E-state index contributed by atoms with van der Waals surface area (Å²) in [4.78, 5) is 22.1. The number of hydrogen-bond donors (Lipinski definition) is 4.